The normalized spacial score (nSPS) is 14.3. The molecule has 1 fully saturated rings. The smallest absolute Gasteiger partial charge is 0.341 e. The fraction of sp³-hybridized carbons (Fsp3) is 0.318. The molecule has 0 aliphatic carbocycles. The van der Waals surface area contributed by atoms with Crippen LogP contribution in [0.3, 0.4) is 0 Å². The van der Waals surface area contributed by atoms with Gasteiger partial charge >= 0.3 is 5.97 Å². The number of pyridine rings is 1. The Morgan fingerprint density at radius 2 is 1.86 bits per heavy atom. The van der Waals surface area contributed by atoms with Gasteiger partial charge in [-0.1, -0.05) is 18.2 Å². The number of nitrogens with zero attached hydrogens (tertiary/aromatic N) is 3. The molecular weight excluding hydrogens is 386 g/mol. The van der Waals surface area contributed by atoms with Crippen LogP contribution in [0, 0.1) is 6.92 Å². The van der Waals surface area contributed by atoms with Crippen molar-refractivity contribution in [2.75, 3.05) is 37.7 Å². The number of piperazine rings is 1. The minimum Gasteiger partial charge on any atom is -0.462 e. The van der Waals surface area contributed by atoms with Crippen molar-refractivity contribution in [2.45, 2.75) is 13.8 Å². The second kappa shape index (κ2) is 8.21. The first-order valence-electron chi connectivity index (χ1n) is 9.74. The zero-order valence-corrected chi connectivity index (χ0v) is 17.4. The standard InChI is InChI=1S/C22H23N3O3S/c1-3-28-22(27)17-14-23-18-7-5-4-6-16(18)20(17)24-10-12-25(13-11-24)21(26)19-9-8-15(2)29-19/h4-9,14H,3,10-13H2,1-2H3. The van der Waals surface area contributed by atoms with Crippen molar-refractivity contribution in [2.24, 2.45) is 0 Å². The summed E-state index contributed by atoms with van der Waals surface area (Å²) >= 11 is 1.53. The van der Waals surface area contributed by atoms with Gasteiger partial charge in [0.05, 0.1) is 22.7 Å². The number of esters is 1. The lowest BCUT2D eigenvalue weighted by atomic mass is 10.1. The Bertz CT molecular complexity index is 1050. The Balaban J connectivity index is 1.61. The number of thiophene rings is 1. The number of rotatable bonds is 4. The van der Waals surface area contributed by atoms with Crippen LogP contribution in [0.25, 0.3) is 10.9 Å². The number of ether oxygens (including phenoxy) is 1. The summed E-state index contributed by atoms with van der Waals surface area (Å²) in [6.45, 7) is 6.62. The van der Waals surface area contributed by atoms with Crippen LogP contribution in [-0.2, 0) is 4.74 Å². The maximum Gasteiger partial charge on any atom is 0.341 e. The minimum absolute atomic E-state index is 0.0768. The van der Waals surface area contributed by atoms with E-state index in [0.29, 0.717) is 38.3 Å². The van der Waals surface area contributed by atoms with E-state index in [0.717, 1.165) is 26.3 Å². The van der Waals surface area contributed by atoms with E-state index in [1.165, 1.54) is 11.3 Å². The van der Waals surface area contributed by atoms with Gasteiger partial charge in [0.15, 0.2) is 0 Å². The Morgan fingerprint density at radius 1 is 1.10 bits per heavy atom. The molecule has 0 unspecified atom stereocenters. The van der Waals surface area contributed by atoms with E-state index in [4.69, 9.17) is 4.74 Å². The predicted molar refractivity (Wildman–Crippen MR) is 115 cm³/mol. The van der Waals surface area contributed by atoms with Crippen molar-refractivity contribution >= 4 is 39.8 Å². The van der Waals surface area contributed by atoms with Gasteiger partial charge < -0.3 is 14.5 Å². The first kappa shape index (κ1) is 19.4. The zero-order valence-electron chi connectivity index (χ0n) is 16.6. The van der Waals surface area contributed by atoms with E-state index in [-0.39, 0.29) is 11.9 Å². The van der Waals surface area contributed by atoms with Crippen LogP contribution < -0.4 is 4.90 Å². The number of fused-ring (bicyclic) bond motifs is 1. The average Bonchev–Trinajstić information content (AvgIpc) is 3.19. The molecule has 29 heavy (non-hydrogen) atoms. The van der Waals surface area contributed by atoms with Crippen molar-refractivity contribution in [3.63, 3.8) is 0 Å². The molecule has 3 aromatic rings. The second-order valence-corrected chi connectivity index (χ2v) is 8.24. The number of anilines is 1. The van der Waals surface area contributed by atoms with Crippen LogP contribution in [0.15, 0.2) is 42.6 Å². The van der Waals surface area contributed by atoms with Gasteiger partial charge in [0.2, 0.25) is 0 Å². The fourth-order valence-corrected chi connectivity index (χ4v) is 4.50. The van der Waals surface area contributed by atoms with Gasteiger partial charge in [-0.25, -0.2) is 4.79 Å². The van der Waals surface area contributed by atoms with Crippen molar-refractivity contribution in [1.82, 2.24) is 9.88 Å². The molecule has 0 saturated carbocycles. The Kier molecular flexibility index (Phi) is 5.49. The van der Waals surface area contributed by atoms with E-state index < -0.39 is 0 Å². The van der Waals surface area contributed by atoms with E-state index in [2.05, 4.69) is 9.88 Å². The van der Waals surface area contributed by atoms with Gasteiger partial charge in [0.25, 0.3) is 5.91 Å². The summed E-state index contributed by atoms with van der Waals surface area (Å²) in [4.78, 5) is 35.7. The molecule has 150 valence electrons. The average molecular weight is 410 g/mol. The van der Waals surface area contributed by atoms with Gasteiger partial charge in [-0.05, 0) is 32.0 Å². The van der Waals surface area contributed by atoms with Crippen LogP contribution in [0.2, 0.25) is 0 Å². The summed E-state index contributed by atoms with van der Waals surface area (Å²) in [7, 11) is 0. The first-order chi connectivity index (χ1) is 14.1. The number of para-hydroxylation sites is 1. The molecule has 1 aromatic carbocycles. The largest absolute Gasteiger partial charge is 0.462 e. The van der Waals surface area contributed by atoms with E-state index in [1.807, 2.05) is 48.2 Å². The highest BCUT2D eigenvalue weighted by Crippen LogP contribution is 2.31. The van der Waals surface area contributed by atoms with Crippen LogP contribution in [0.1, 0.15) is 31.8 Å². The molecule has 6 nitrogen and oxygen atoms in total. The third-order valence-electron chi connectivity index (χ3n) is 5.08. The second-order valence-electron chi connectivity index (χ2n) is 6.95. The van der Waals surface area contributed by atoms with Crippen molar-refractivity contribution < 1.29 is 14.3 Å². The van der Waals surface area contributed by atoms with Gasteiger partial charge in [-0.2, -0.15) is 0 Å². The number of aromatic nitrogens is 1. The van der Waals surface area contributed by atoms with E-state index >= 15 is 0 Å². The lowest BCUT2D eigenvalue weighted by Crippen LogP contribution is -2.49. The Labute approximate surface area is 173 Å². The number of carbonyl (C=O) groups is 2. The van der Waals surface area contributed by atoms with E-state index in [9.17, 15) is 9.59 Å². The Hall–Kier alpha value is -2.93. The molecule has 0 bridgehead atoms. The highest BCUT2D eigenvalue weighted by molar-refractivity contribution is 7.13. The molecular formula is C22H23N3O3S. The van der Waals surface area contributed by atoms with Crippen LogP contribution >= 0.6 is 11.3 Å². The lowest BCUT2D eigenvalue weighted by molar-refractivity contribution is 0.0525. The minimum atomic E-state index is -0.367. The van der Waals surface area contributed by atoms with Gasteiger partial charge in [0, 0.05) is 42.6 Å². The van der Waals surface area contributed by atoms with Gasteiger partial charge in [-0.3, -0.25) is 9.78 Å². The number of hydrogen-bond donors (Lipinski definition) is 0. The number of aryl methyl sites for hydroxylation is 1. The molecule has 2 aromatic heterocycles. The first-order valence-corrected chi connectivity index (χ1v) is 10.6. The zero-order chi connectivity index (χ0) is 20.4. The molecule has 0 spiro atoms. The molecule has 1 saturated heterocycles. The molecule has 1 aliphatic rings. The molecule has 0 atom stereocenters. The SMILES string of the molecule is CCOC(=O)c1cnc2ccccc2c1N1CCN(C(=O)c2ccc(C)s2)CC1. The molecule has 1 amide bonds. The molecule has 0 radical (unpaired) electrons. The quantitative estimate of drug-likeness (QED) is 0.614. The summed E-state index contributed by atoms with van der Waals surface area (Å²) < 4.78 is 5.26. The number of benzene rings is 1. The third-order valence-corrected chi connectivity index (χ3v) is 6.07. The lowest BCUT2D eigenvalue weighted by Gasteiger charge is -2.37. The number of hydrogen-bond acceptors (Lipinski definition) is 6. The molecule has 3 heterocycles. The summed E-state index contributed by atoms with van der Waals surface area (Å²) in [6, 6.07) is 11.7. The van der Waals surface area contributed by atoms with Crippen LogP contribution in [0.5, 0.6) is 0 Å². The maximum atomic E-state index is 12.8. The topological polar surface area (TPSA) is 62.7 Å². The number of amides is 1. The van der Waals surface area contributed by atoms with Crippen molar-refractivity contribution in [3.8, 4) is 0 Å². The van der Waals surface area contributed by atoms with Gasteiger partial charge in [-0.15, -0.1) is 11.3 Å². The number of carbonyl (C=O) groups excluding carboxylic acids is 2. The summed E-state index contributed by atoms with van der Waals surface area (Å²) in [6.07, 6.45) is 1.60. The van der Waals surface area contributed by atoms with Crippen LogP contribution in [0.4, 0.5) is 5.69 Å². The van der Waals surface area contributed by atoms with Gasteiger partial charge in [0.1, 0.15) is 5.56 Å². The predicted octanol–water partition coefficient (Wildman–Crippen LogP) is 3.74. The Morgan fingerprint density at radius 3 is 2.55 bits per heavy atom. The highest BCUT2D eigenvalue weighted by atomic mass is 32.1. The van der Waals surface area contributed by atoms with Crippen LogP contribution in [-0.4, -0.2) is 54.5 Å². The molecule has 7 heteroatoms. The van der Waals surface area contributed by atoms with E-state index in [1.54, 1.807) is 13.1 Å². The fourth-order valence-electron chi connectivity index (χ4n) is 3.66. The molecule has 0 N–H and O–H groups in total. The molecule has 4 rings (SSSR count). The third kappa shape index (κ3) is 3.82. The monoisotopic (exact) mass is 409 g/mol. The highest BCUT2D eigenvalue weighted by Gasteiger charge is 2.27. The summed E-state index contributed by atoms with van der Waals surface area (Å²) in [5, 5.41) is 0.923. The summed E-state index contributed by atoms with van der Waals surface area (Å²) in [5.41, 5.74) is 2.15. The summed E-state index contributed by atoms with van der Waals surface area (Å²) in [5.74, 6) is -0.290. The van der Waals surface area contributed by atoms with Crippen molar-refractivity contribution in [3.05, 3.63) is 57.9 Å². The molecule has 1 aliphatic heterocycles. The maximum absolute atomic E-state index is 12.8. The van der Waals surface area contributed by atoms with Crippen molar-refractivity contribution in [1.29, 1.82) is 0 Å².